The van der Waals surface area contributed by atoms with E-state index in [2.05, 4.69) is 34.2 Å². The van der Waals surface area contributed by atoms with E-state index in [0.717, 1.165) is 24.5 Å². The molecule has 110 valence electrons. The summed E-state index contributed by atoms with van der Waals surface area (Å²) in [5, 5.41) is 6.47. The Balaban J connectivity index is 2.44. The van der Waals surface area contributed by atoms with Gasteiger partial charge < -0.3 is 15.4 Å². The molecule has 0 aromatic heterocycles. The summed E-state index contributed by atoms with van der Waals surface area (Å²) in [6, 6.07) is 7.78. The van der Waals surface area contributed by atoms with Crippen LogP contribution in [-0.4, -0.2) is 38.7 Å². The van der Waals surface area contributed by atoms with Crippen molar-refractivity contribution in [2.24, 2.45) is 4.99 Å². The van der Waals surface area contributed by atoms with E-state index in [4.69, 9.17) is 0 Å². The number of methoxy groups -OCH3 is 1. The second kappa shape index (κ2) is 8.19. The zero-order valence-corrected chi connectivity index (χ0v) is 12.6. The van der Waals surface area contributed by atoms with Crippen molar-refractivity contribution in [3.63, 3.8) is 0 Å². The van der Waals surface area contributed by atoms with Crippen molar-refractivity contribution < 1.29 is 9.53 Å². The summed E-state index contributed by atoms with van der Waals surface area (Å²) in [5.41, 5.74) is 1.73. The topological polar surface area (TPSA) is 62.7 Å². The molecule has 0 bridgehead atoms. The smallest absolute Gasteiger partial charge is 0.337 e. The number of aliphatic imine (C=N–C) groups is 1. The van der Waals surface area contributed by atoms with Gasteiger partial charge in [0.15, 0.2) is 5.96 Å². The summed E-state index contributed by atoms with van der Waals surface area (Å²) >= 11 is 0. The Morgan fingerprint density at radius 3 is 2.45 bits per heavy atom. The Morgan fingerprint density at radius 1 is 1.30 bits per heavy atom. The van der Waals surface area contributed by atoms with Crippen LogP contribution in [-0.2, 0) is 11.2 Å². The van der Waals surface area contributed by atoms with Gasteiger partial charge in [-0.05, 0) is 38.0 Å². The van der Waals surface area contributed by atoms with Crippen molar-refractivity contribution in [1.82, 2.24) is 10.6 Å². The van der Waals surface area contributed by atoms with Gasteiger partial charge in [0.2, 0.25) is 0 Å². The predicted octanol–water partition coefficient (Wildman–Crippen LogP) is 1.59. The lowest BCUT2D eigenvalue weighted by Gasteiger charge is -2.14. The predicted molar refractivity (Wildman–Crippen MR) is 81.1 cm³/mol. The first-order chi connectivity index (χ1) is 9.56. The fraction of sp³-hybridized carbons (Fsp3) is 0.467. The summed E-state index contributed by atoms with van der Waals surface area (Å²) in [4.78, 5) is 15.5. The quantitative estimate of drug-likeness (QED) is 0.487. The number of rotatable bonds is 5. The van der Waals surface area contributed by atoms with Crippen molar-refractivity contribution in [3.8, 4) is 0 Å². The zero-order valence-electron chi connectivity index (χ0n) is 12.6. The molecule has 5 nitrogen and oxygen atoms in total. The molecular weight excluding hydrogens is 254 g/mol. The van der Waals surface area contributed by atoms with E-state index in [9.17, 15) is 4.79 Å². The Hall–Kier alpha value is -2.04. The molecule has 1 aromatic rings. The number of esters is 1. The number of hydrogen-bond donors (Lipinski definition) is 2. The van der Waals surface area contributed by atoms with Crippen molar-refractivity contribution in [1.29, 1.82) is 0 Å². The van der Waals surface area contributed by atoms with Crippen LogP contribution in [0, 0.1) is 0 Å². The fourth-order valence-electron chi connectivity index (χ4n) is 1.72. The second-order valence-corrected chi connectivity index (χ2v) is 4.74. The minimum absolute atomic E-state index is 0.309. The summed E-state index contributed by atoms with van der Waals surface area (Å²) in [5.74, 6) is 0.488. The standard InChI is InChI=1S/C15H23N3O2/c1-11(2)18-15(16-3)17-10-9-12-5-7-13(8-6-12)14(19)20-4/h5-8,11H,9-10H2,1-4H3,(H2,16,17,18). The van der Waals surface area contributed by atoms with Crippen LogP contribution in [0.3, 0.4) is 0 Å². The van der Waals surface area contributed by atoms with Gasteiger partial charge in [0, 0.05) is 19.6 Å². The summed E-state index contributed by atoms with van der Waals surface area (Å²) in [6.07, 6.45) is 0.861. The van der Waals surface area contributed by atoms with E-state index in [1.165, 1.54) is 7.11 Å². The van der Waals surface area contributed by atoms with E-state index in [-0.39, 0.29) is 5.97 Å². The maximum Gasteiger partial charge on any atom is 0.337 e. The number of nitrogens with one attached hydrogen (secondary N) is 2. The highest BCUT2D eigenvalue weighted by Gasteiger charge is 2.04. The summed E-state index contributed by atoms with van der Waals surface area (Å²) in [6.45, 7) is 4.92. The van der Waals surface area contributed by atoms with Gasteiger partial charge >= 0.3 is 5.97 Å². The van der Waals surface area contributed by atoms with Gasteiger partial charge in [0.1, 0.15) is 0 Å². The van der Waals surface area contributed by atoms with E-state index < -0.39 is 0 Å². The molecule has 0 radical (unpaired) electrons. The Morgan fingerprint density at radius 2 is 1.95 bits per heavy atom. The highest BCUT2D eigenvalue weighted by molar-refractivity contribution is 5.89. The number of hydrogen-bond acceptors (Lipinski definition) is 3. The first-order valence-electron chi connectivity index (χ1n) is 6.71. The van der Waals surface area contributed by atoms with Crippen molar-refractivity contribution >= 4 is 11.9 Å². The molecule has 5 heteroatoms. The first-order valence-corrected chi connectivity index (χ1v) is 6.71. The van der Waals surface area contributed by atoms with Crippen LogP contribution in [0.15, 0.2) is 29.3 Å². The molecule has 0 fully saturated rings. The van der Waals surface area contributed by atoms with E-state index in [1.54, 1.807) is 19.2 Å². The lowest BCUT2D eigenvalue weighted by Crippen LogP contribution is -2.41. The van der Waals surface area contributed by atoms with E-state index in [0.29, 0.717) is 11.6 Å². The van der Waals surface area contributed by atoms with Crippen molar-refractivity contribution in [2.45, 2.75) is 26.3 Å². The molecule has 0 amide bonds. The van der Waals surface area contributed by atoms with Crippen LogP contribution in [0.4, 0.5) is 0 Å². The average Bonchev–Trinajstić information content (AvgIpc) is 2.45. The molecule has 0 aliphatic carbocycles. The van der Waals surface area contributed by atoms with Gasteiger partial charge in [-0.3, -0.25) is 4.99 Å². The molecule has 0 saturated heterocycles. The number of carbonyl (C=O) groups excluding carboxylic acids is 1. The number of nitrogens with zero attached hydrogens (tertiary/aromatic N) is 1. The summed E-state index contributed by atoms with van der Waals surface area (Å²) < 4.78 is 4.66. The molecule has 1 rings (SSSR count). The van der Waals surface area contributed by atoms with E-state index >= 15 is 0 Å². The Labute approximate surface area is 120 Å². The molecule has 0 unspecified atom stereocenters. The maximum absolute atomic E-state index is 11.3. The van der Waals surface area contributed by atoms with Crippen LogP contribution >= 0.6 is 0 Å². The maximum atomic E-state index is 11.3. The second-order valence-electron chi connectivity index (χ2n) is 4.74. The third kappa shape index (κ3) is 5.30. The fourth-order valence-corrected chi connectivity index (χ4v) is 1.72. The molecule has 0 atom stereocenters. The normalized spacial score (nSPS) is 11.3. The monoisotopic (exact) mass is 277 g/mol. The minimum atomic E-state index is -0.309. The first kappa shape index (κ1) is 16.0. The minimum Gasteiger partial charge on any atom is -0.465 e. The molecule has 2 N–H and O–H groups in total. The number of guanidine groups is 1. The van der Waals surface area contributed by atoms with Crippen LogP contribution in [0.25, 0.3) is 0 Å². The largest absolute Gasteiger partial charge is 0.465 e. The Kier molecular flexibility index (Phi) is 6.56. The molecule has 0 aliphatic rings. The van der Waals surface area contributed by atoms with Crippen LogP contribution < -0.4 is 10.6 Å². The third-order valence-corrected chi connectivity index (χ3v) is 2.73. The molecular formula is C15H23N3O2. The third-order valence-electron chi connectivity index (χ3n) is 2.73. The average molecular weight is 277 g/mol. The number of ether oxygens (including phenoxy) is 1. The van der Waals surface area contributed by atoms with Crippen LogP contribution in [0.1, 0.15) is 29.8 Å². The molecule has 0 saturated carbocycles. The van der Waals surface area contributed by atoms with Gasteiger partial charge in [-0.1, -0.05) is 12.1 Å². The van der Waals surface area contributed by atoms with Gasteiger partial charge in [-0.25, -0.2) is 4.79 Å². The van der Waals surface area contributed by atoms with Gasteiger partial charge in [-0.15, -0.1) is 0 Å². The Bertz CT molecular complexity index is 453. The molecule has 1 aromatic carbocycles. The van der Waals surface area contributed by atoms with Crippen molar-refractivity contribution in [3.05, 3.63) is 35.4 Å². The highest BCUT2D eigenvalue weighted by atomic mass is 16.5. The molecule has 0 aliphatic heterocycles. The number of carbonyl (C=O) groups is 1. The lowest BCUT2D eigenvalue weighted by atomic mass is 10.1. The van der Waals surface area contributed by atoms with Gasteiger partial charge in [0.25, 0.3) is 0 Å². The highest BCUT2D eigenvalue weighted by Crippen LogP contribution is 2.06. The van der Waals surface area contributed by atoms with Gasteiger partial charge in [-0.2, -0.15) is 0 Å². The van der Waals surface area contributed by atoms with E-state index in [1.807, 2.05) is 12.1 Å². The van der Waals surface area contributed by atoms with Crippen LogP contribution in [0.5, 0.6) is 0 Å². The molecule has 0 spiro atoms. The zero-order chi connectivity index (χ0) is 15.0. The molecule has 0 heterocycles. The lowest BCUT2D eigenvalue weighted by molar-refractivity contribution is 0.0600. The van der Waals surface area contributed by atoms with Crippen molar-refractivity contribution in [2.75, 3.05) is 20.7 Å². The summed E-state index contributed by atoms with van der Waals surface area (Å²) in [7, 11) is 3.14. The number of benzene rings is 1. The van der Waals surface area contributed by atoms with Gasteiger partial charge in [0.05, 0.1) is 12.7 Å². The molecule has 20 heavy (non-hydrogen) atoms. The van der Waals surface area contributed by atoms with Crippen LogP contribution in [0.2, 0.25) is 0 Å². The SMILES string of the molecule is CN=C(NCCc1ccc(C(=O)OC)cc1)NC(C)C.